The van der Waals surface area contributed by atoms with Crippen molar-refractivity contribution in [3.8, 4) is 11.1 Å². The van der Waals surface area contributed by atoms with Gasteiger partial charge >= 0.3 is 18.3 Å². The molecule has 0 saturated carbocycles. The molecule has 1 aromatic carbocycles. The van der Waals surface area contributed by atoms with Gasteiger partial charge in [-0.3, -0.25) is 0 Å². The zero-order valence-corrected chi connectivity index (χ0v) is 11.6. The van der Waals surface area contributed by atoms with Crippen molar-refractivity contribution in [2.45, 2.75) is 12.4 Å². The first kappa shape index (κ1) is 17.6. The van der Waals surface area contributed by atoms with E-state index in [4.69, 9.17) is 5.11 Å². The van der Waals surface area contributed by atoms with Gasteiger partial charge in [0.1, 0.15) is 0 Å². The summed E-state index contributed by atoms with van der Waals surface area (Å²) in [6, 6.07) is 1.16. The van der Waals surface area contributed by atoms with E-state index in [1.807, 2.05) is 0 Å². The van der Waals surface area contributed by atoms with Crippen LogP contribution in [0.4, 0.5) is 26.3 Å². The number of carboxylic acids is 1. The molecule has 0 radical (unpaired) electrons. The number of rotatable bonds is 3. The molecule has 2 aromatic rings. The predicted molar refractivity (Wildman–Crippen MR) is 70.6 cm³/mol. The smallest absolute Gasteiger partial charge is 0.416 e. The van der Waals surface area contributed by atoms with Crippen LogP contribution in [0.15, 0.2) is 36.7 Å². The molecule has 0 saturated heterocycles. The molecule has 1 aromatic heterocycles. The Labute approximate surface area is 130 Å². The van der Waals surface area contributed by atoms with Crippen LogP contribution in [0, 0.1) is 0 Å². The minimum Gasteiger partial charge on any atom is -0.478 e. The second-order valence-electron chi connectivity index (χ2n) is 4.66. The van der Waals surface area contributed by atoms with Gasteiger partial charge in [0.2, 0.25) is 0 Å². The van der Waals surface area contributed by atoms with Crippen LogP contribution in [0.5, 0.6) is 0 Å². The summed E-state index contributed by atoms with van der Waals surface area (Å²) in [4.78, 5) is 10.4. The van der Waals surface area contributed by atoms with Crippen molar-refractivity contribution in [3.05, 3.63) is 47.8 Å². The number of hydrogen-bond acceptors (Lipinski definition) is 2. The highest BCUT2D eigenvalue weighted by atomic mass is 19.4. The van der Waals surface area contributed by atoms with Crippen molar-refractivity contribution in [3.63, 3.8) is 0 Å². The second kappa shape index (κ2) is 6.02. The number of aromatic nitrogens is 2. The monoisotopic (exact) mass is 350 g/mol. The SMILES string of the molecule is O=C(O)/C=C\n1cc(-c2cc(C(F)(F)F)cc(C(F)(F)F)c2)cn1. The Hall–Kier alpha value is -2.78. The molecule has 10 heteroatoms. The van der Waals surface area contributed by atoms with Gasteiger partial charge in [-0.05, 0) is 23.8 Å². The summed E-state index contributed by atoms with van der Waals surface area (Å²) in [5.74, 6) is -1.29. The third kappa shape index (κ3) is 4.15. The molecule has 0 unspecified atom stereocenters. The van der Waals surface area contributed by atoms with Gasteiger partial charge in [0.05, 0.1) is 17.3 Å². The number of aliphatic carboxylic acids is 1. The van der Waals surface area contributed by atoms with Crippen molar-refractivity contribution in [1.82, 2.24) is 9.78 Å². The number of alkyl halides is 6. The Morgan fingerprint density at radius 2 is 1.54 bits per heavy atom. The Balaban J connectivity index is 2.52. The molecular formula is C14H8F6N2O2. The lowest BCUT2D eigenvalue weighted by Gasteiger charge is -2.13. The van der Waals surface area contributed by atoms with Crippen LogP contribution in [-0.2, 0) is 17.1 Å². The van der Waals surface area contributed by atoms with Crippen LogP contribution in [0.2, 0.25) is 0 Å². The van der Waals surface area contributed by atoms with Crippen molar-refractivity contribution < 1.29 is 36.2 Å². The molecular weight excluding hydrogens is 342 g/mol. The lowest BCUT2D eigenvalue weighted by molar-refractivity contribution is -0.143. The van der Waals surface area contributed by atoms with Crippen LogP contribution in [0.25, 0.3) is 17.3 Å². The Kier molecular flexibility index (Phi) is 4.41. The summed E-state index contributed by atoms with van der Waals surface area (Å²) in [6.45, 7) is 0. The van der Waals surface area contributed by atoms with Gasteiger partial charge in [0.25, 0.3) is 0 Å². The Morgan fingerprint density at radius 1 is 1.00 bits per heavy atom. The minimum absolute atomic E-state index is 0.0260. The predicted octanol–water partition coefficient (Wildman–Crippen LogP) is 4.14. The maximum absolute atomic E-state index is 12.8. The summed E-state index contributed by atoms with van der Waals surface area (Å²) in [7, 11) is 0. The van der Waals surface area contributed by atoms with Crippen molar-refractivity contribution in [1.29, 1.82) is 0 Å². The van der Waals surface area contributed by atoms with E-state index in [9.17, 15) is 31.1 Å². The van der Waals surface area contributed by atoms with Crippen LogP contribution in [0.1, 0.15) is 11.1 Å². The van der Waals surface area contributed by atoms with Gasteiger partial charge in [-0.1, -0.05) is 0 Å². The zero-order valence-electron chi connectivity index (χ0n) is 11.6. The van der Waals surface area contributed by atoms with Crippen LogP contribution < -0.4 is 0 Å². The summed E-state index contributed by atoms with van der Waals surface area (Å²) < 4.78 is 77.8. The number of carbonyl (C=O) groups is 1. The molecule has 1 heterocycles. The summed E-state index contributed by atoms with van der Waals surface area (Å²) >= 11 is 0. The molecule has 0 atom stereocenters. The molecule has 0 aliphatic rings. The summed E-state index contributed by atoms with van der Waals surface area (Å²) in [5, 5.41) is 12.1. The quantitative estimate of drug-likeness (QED) is 0.669. The molecule has 0 bridgehead atoms. The Morgan fingerprint density at radius 3 is 2.00 bits per heavy atom. The molecule has 0 amide bonds. The molecule has 128 valence electrons. The van der Waals surface area contributed by atoms with E-state index in [1.54, 1.807) is 0 Å². The second-order valence-corrected chi connectivity index (χ2v) is 4.66. The number of benzene rings is 1. The highest BCUT2D eigenvalue weighted by Gasteiger charge is 2.37. The maximum Gasteiger partial charge on any atom is 0.416 e. The highest BCUT2D eigenvalue weighted by Crippen LogP contribution is 2.38. The molecule has 2 rings (SSSR count). The van der Waals surface area contributed by atoms with Gasteiger partial charge in [-0.15, -0.1) is 0 Å². The molecule has 0 aliphatic heterocycles. The fourth-order valence-corrected chi connectivity index (χ4v) is 1.83. The first-order chi connectivity index (χ1) is 11.0. The lowest BCUT2D eigenvalue weighted by Crippen LogP contribution is -2.11. The van der Waals surface area contributed by atoms with E-state index in [1.165, 1.54) is 0 Å². The van der Waals surface area contributed by atoms with Gasteiger partial charge in [0.15, 0.2) is 0 Å². The van der Waals surface area contributed by atoms with Crippen molar-refractivity contribution in [2.75, 3.05) is 0 Å². The van der Waals surface area contributed by atoms with Crippen LogP contribution in [-0.4, -0.2) is 20.9 Å². The average Bonchev–Trinajstić information content (AvgIpc) is 2.91. The first-order valence-corrected chi connectivity index (χ1v) is 6.22. The van der Waals surface area contributed by atoms with Gasteiger partial charge in [-0.2, -0.15) is 31.4 Å². The third-order valence-corrected chi connectivity index (χ3v) is 2.89. The normalized spacial score (nSPS) is 12.8. The van der Waals surface area contributed by atoms with E-state index in [0.29, 0.717) is 18.2 Å². The number of carboxylic acid groups (broad SMARTS) is 1. The molecule has 24 heavy (non-hydrogen) atoms. The first-order valence-electron chi connectivity index (χ1n) is 6.22. The molecule has 0 spiro atoms. The van der Waals surface area contributed by atoms with Crippen molar-refractivity contribution in [2.24, 2.45) is 0 Å². The van der Waals surface area contributed by atoms with E-state index in [0.717, 1.165) is 23.3 Å². The summed E-state index contributed by atoms with van der Waals surface area (Å²) in [6.07, 6.45) is -6.06. The van der Waals surface area contributed by atoms with Crippen LogP contribution >= 0.6 is 0 Å². The highest BCUT2D eigenvalue weighted by molar-refractivity contribution is 5.83. The fourth-order valence-electron chi connectivity index (χ4n) is 1.83. The topological polar surface area (TPSA) is 55.1 Å². The fraction of sp³-hybridized carbons (Fsp3) is 0.143. The molecule has 4 nitrogen and oxygen atoms in total. The number of halogens is 6. The lowest BCUT2D eigenvalue weighted by atomic mass is 10.0. The maximum atomic E-state index is 12.8. The van der Waals surface area contributed by atoms with E-state index < -0.39 is 29.4 Å². The number of hydrogen-bond donors (Lipinski definition) is 1. The average molecular weight is 350 g/mol. The third-order valence-electron chi connectivity index (χ3n) is 2.89. The van der Waals surface area contributed by atoms with E-state index in [2.05, 4.69) is 5.10 Å². The van der Waals surface area contributed by atoms with Gasteiger partial charge in [-0.25, -0.2) is 9.48 Å². The van der Waals surface area contributed by atoms with Gasteiger partial charge < -0.3 is 5.11 Å². The minimum atomic E-state index is -4.95. The van der Waals surface area contributed by atoms with E-state index in [-0.39, 0.29) is 17.2 Å². The zero-order chi connectivity index (χ0) is 18.1. The van der Waals surface area contributed by atoms with Crippen molar-refractivity contribution >= 4 is 12.2 Å². The van der Waals surface area contributed by atoms with Crippen LogP contribution in [0.3, 0.4) is 0 Å². The van der Waals surface area contributed by atoms with Gasteiger partial charge in [0, 0.05) is 24.0 Å². The molecule has 0 fully saturated rings. The standard InChI is InChI=1S/C14H8F6N2O2/c15-13(16,17)10-3-8(4-11(5-10)14(18,19)20)9-6-21-22(7-9)2-1-12(23)24/h1-7H,(H,23,24)/b2-1-. The molecule has 1 N–H and O–H groups in total. The molecule has 0 aliphatic carbocycles. The summed E-state index contributed by atoms with van der Waals surface area (Å²) in [5.41, 5.74) is -3.25. The number of nitrogens with zero attached hydrogens (tertiary/aromatic N) is 2. The van der Waals surface area contributed by atoms with E-state index >= 15 is 0 Å². The Bertz CT molecular complexity index is 757. The largest absolute Gasteiger partial charge is 0.478 e.